The maximum Gasteiger partial charge on any atom is 0.0716 e. The normalized spacial score (nSPS) is 27.1. The van der Waals surface area contributed by atoms with E-state index in [-0.39, 0.29) is 23.2 Å². The van der Waals surface area contributed by atoms with Crippen LogP contribution in [0.2, 0.25) is 0 Å². The topological polar surface area (TPSA) is 48.1 Å². The Balaban J connectivity index is 2.30. The predicted molar refractivity (Wildman–Crippen MR) is 76.2 cm³/mol. The van der Waals surface area contributed by atoms with Gasteiger partial charge in [0.25, 0.3) is 0 Å². The molecule has 2 heterocycles. The van der Waals surface area contributed by atoms with Gasteiger partial charge in [-0.3, -0.25) is 4.98 Å². The number of pyridine rings is 1. The molecule has 1 aliphatic rings. The van der Waals surface area contributed by atoms with Crippen molar-refractivity contribution in [3.8, 4) is 0 Å². The maximum atomic E-state index is 6.43. The largest absolute Gasteiger partial charge is 0.369 e. The average Bonchev–Trinajstić information content (AvgIpc) is 2.46. The number of ether oxygens (including phenoxy) is 1. The molecule has 1 fully saturated rings. The number of nitrogens with zero attached hydrogens (tertiary/aromatic N) is 1. The Kier molecular flexibility index (Phi) is 3.56. The summed E-state index contributed by atoms with van der Waals surface area (Å²) in [6, 6.07) is 3.77. The van der Waals surface area contributed by atoms with Gasteiger partial charge in [-0.25, -0.2) is 0 Å². The Labute approximate surface area is 117 Å². The van der Waals surface area contributed by atoms with Crippen molar-refractivity contribution in [2.24, 2.45) is 11.7 Å². The molecule has 2 N–H and O–H groups in total. The van der Waals surface area contributed by atoms with Crippen molar-refractivity contribution in [3.63, 3.8) is 0 Å². The van der Waals surface area contributed by atoms with Gasteiger partial charge >= 0.3 is 0 Å². The SMILES string of the molecule is CC1(C)CC(C(N)c2ncccc2Br)C(C)(C)O1. The first-order valence-electron chi connectivity index (χ1n) is 6.29. The fourth-order valence-electron chi connectivity index (χ4n) is 3.00. The lowest BCUT2D eigenvalue weighted by Crippen LogP contribution is -2.36. The molecule has 2 atom stereocenters. The van der Waals surface area contributed by atoms with E-state index >= 15 is 0 Å². The first kappa shape index (κ1) is 14.0. The van der Waals surface area contributed by atoms with E-state index in [0.717, 1.165) is 16.6 Å². The minimum atomic E-state index is -0.222. The first-order valence-corrected chi connectivity index (χ1v) is 7.08. The Morgan fingerprint density at radius 3 is 2.61 bits per heavy atom. The van der Waals surface area contributed by atoms with Crippen molar-refractivity contribution in [2.45, 2.75) is 51.4 Å². The van der Waals surface area contributed by atoms with E-state index < -0.39 is 0 Å². The third-order valence-electron chi connectivity index (χ3n) is 3.68. The zero-order valence-electron chi connectivity index (χ0n) is 11.4. The van der Waals surface area contributed by atoms with Crippen LogP contribution in [-0.4, -0.2) is 16.2 Å². The molecule has 4 heteroatoms. The molecule has 100 valence electrons. The van der Waals surface area contributed by atoms with Crippen molar-refractivity contribution < 1.29 is 4.74 Å². The standard InChI is InChI=1S/C14H21BrN2O/c1-13(2)8-9(14(3,4)18-13)11(16)12-10(15)6-5-7-17-12/h5-7,9,11H,8,16H2,1-4H3. The van der Waals surface area contributed by atoms with Gasteiger partial charge in [0, 0.05) is 16.6 Å². The Morgan fingerprint density at radius 2 is 2.11 bits per heavy atom. The summed E-state index contributed by atoms with van der Waals surface area (Å²) in [5.41, 5.74) is 7.00. The lowest BCUT2D eigenvalue weighted by Gasteiger charge is -2.31. The number of halogens is 1. The van der Waals surface area contributed by atoms with Gasteiger partial charge in [-0.05, 0) is 62.2 Å². The molecule has 1 aromatic heterocycles. The summed E-state index contributed by atoms with van der Waals surface area (Å²) in [4.78, 5) is 4.41. The van der Waals surface area contributed by atoms with Crippen LogP contribution in [-0.2, 0) is 4.74 Å². The maximum absolute atomic E-state index is 6.43. The van der Waals surface area contributed by atoms with E-state index in [4.69, 9.17) is 10.5 Å². The van der Waals surface area contributed by atoms with Crippen LogP contribution in [0.3, 0.4) is 0 Å². The zero-order valence-corrected chi connectivity index (χ0v) is 13.0. The minimum absolute atomic E-state index is 0.114. The molecule has 3 nitrogen and oxygen atoms in total. The lowest BCUT2D eigenvalue weighted by molar-refractivity contribution is -0.0768. The molecule has 2 unspecified atom stereocenters. The van der Waals surface area contributed by atoms with Crippen LogP contribution < -0.4 is 5.73 Å². The fraction of sp³-hybridized carbons (Fsp3) is 0.643. The van der Waals surface area contributed by atoms with Crippen molar-refractivity contribution in [2.75, 3.05) is 0 Å². The third kappa shape index (κ3) is 2.60. The van der Waals surface area contributed by atoms with Gasteiger partial charge in [-0.15, -0.1) is 0 Å². The van der Waals surface area contributed by atoms with Crippen LogP contribution in [0, 0.1) is 5.92 Å². The number of hydrogen-bond donors (Lipinski definition) is 1. The molecular formula is C14H21BrN2O. The molecule has 2 rings (SSSR count). The van der Waals surface area contributed by atoms with E-state index in [1.165, 1.54) is 0 Å². The quantitative estimate of drug-likeness (QED) is 0.910. The molecule has 1 aromatic rings. The van der Waals surface area contributed by atoms with Crippen molar-refractivity contribution in [3.05, 3.63) is 28.5 Å². The first-order chi connectivity index (χ1) is 8.23. The summed E-state index contributed by atoms with van der Waals surface area (Å²) in [6.07, 6.45) is 2.73. The van der Waals surface area contributed by atoms with Crippen molar-refractivity contribution in [1.82, 2.24) is 4.98 Å². The summed E-state index contributed by atoms with van der Waals surface area (Å²) in [6.45, 7) is 8.47. The van der Waals surface area contributed by atoms with Crippen molar-refractivity contribution >= 4 is 15.9 Å². The summed E-state index contributed by atoms with van der Waals surface area (Å²) >= 11 is 3.53. The number of nitrogens with two attached hydrogens (primary N) is 1. The Hall–Kier alpha value is -0.450. The second kappa shape index (κ2) is 4.58. The van der Waals surface area contributed by atoms with E-state index in [9.17, 15) is 0 Å². The van der Waals surface area contributed by atoms with E-state index in [1.807, 2.05) is 12.1 Å². The number of hydrogen-bond acceptors (Lipinski definition) is 3. The van der Waals surface area contributed by atoms with Crippen molar-refractivity contribution in [1.29, 1.82) is 0 Å². The predicted octanol–water partition coefficient (Wildman–Crippen LogP) is 3.44. The zero-order chi connectivity index (χ0) is 13.6. The highest BCUT2D eigenvalue weighted by molar-refractivity contribution is 9.10. The minimum Gasteiger partial charge on any atom is -0.369 e. The fourth-order valence-corrected chi connectivity index (χ4v) is 3.52. The number of rotatable bonds is 2. The highest BCUT2D eigenvalue weighted by Crippen LogP contribution is 2.47. The summed E-state index contributed by atoms with van der Waals surface area (Å²) in [5.74, 6) is 0.263. The Morgan fingerprint density at radius 1 is 1.44 bits per heavy atom. The highest BCUT2D eigenvalue weighted by Gasteiger charge is 2.49. The summed E-state index contributed by atoms with van der Waals surface area (Å²) < 4.78 is 7.08. The van der Waals surface area contributed by atoms with Crippen LogP contribution >= 0.6 is 15.9 Å². The van der Waals surface area contributed by atoms with Gasteiger partial charge in [-0.1, -0.05) is 0 Å². The van der Waals surface area contributed by atoms with Crippen LogP contribution in [0.15, 0.2) is 22.8 Å². The highest BCUT2D eigenvalue weighted by atomic mass is 79.9. The molecule has 1 saturated heterocycles. The van der Waals surface area contributed by atoms with Gasteiger partial charge in [0.1, 0.15) is 0 Å². The van der Waals surface area contributed by atoms with Gasteiger partial charge in [0.05, 0.1) is 22.9 Å². The average molecular weight is 313 g/mol. The molecule has 0 aliphatic carbocycles. The summed E-state index contributed by atoms with van der Waals surface area (Å²) in [7, 11) is 0. The van der Waals surface area contributed by atoms with Crippen LogP contribution in [0.4, 0.5) is 0 Å². The summed E-state index contributed by atoms with van der Waals surface area (Å²) in [5, 5.41) is 0. The smallest absolute Gasteiger partial charge is 0.0716 e. The number of aromatic nitrogens is 1. The van der Waals surface area contributed by atoms with Gasteiger partial charge in [-0.2, -0.15) is 0 Å². The molecular weight excluding hydrogens is 292 g/mol. The van der Waals surface area contributed by atoms with Crippen LogP contribution in [0.1, 0.15) is 45.9 Å². The molecule has 0 aromatic carbocycles. The molecule has 0 radical (unpaired) electrons. The second-order valence-corrected chi connectivity index (χ2v) is 7.03. The van der Waals surface area contributed by atoms with Gasteiger partial charge in [0.15, 0.2) is 0 Å². The molecule has 0 bridgehead atoms. The molecule has 18 heavy (non-hydrogen) atoms. The Bertz CT molecular complexity index is 445. The van der Waals surface area contributed by atoms with Crippen LogP contribution in [0.5, 0.6) is 0 Å². The van der Waals surface area contributed by atoms with E-state index in [1.54, 1.807) is 6.20 Å². The third-order valence-corrected chi connectivity index (χ3v) is 4.35. The lowest BCUT2D eigenvalue weighted by atomic mass is 9.80. The monoisotopic (exact) mass is 312 g/mol. The van der Waals surface area contributed by atoms with E-state index in [2.05, 4.69) is 48.6 Å². The van der Waals surface area contributed by atoms with E-state index in [0.29, 0.717) is 0 Å². The molecule has 1 aliphatic heterocycles. The van der Waals surface area contributed by atoms with Gasteiger partial charge in [0.2, 0.25) is 0 Å². The molecule has 0 amide bonds. The molecule has 0 saturated carbocycles. The van der Waals surface area contributed by atoms with Gasteiger partial charge < -0.3 is 10.5 Å². The second-order valence-electron chi connectivity index (χ2n) is 6.17. The van der Waals surface area contributed by atoms with Crippen LogP contribution in [0.25, 0.3) is 0 Å². The molecule has 0 spiro atoms.